The number of carbonyl (C=O) groups excluding carboxylic acids is 3. The summed E-state index contributed by atoms with van der Waals surface area (Å²) in [6.45, 7) is 0.563. The SMILES string of the molecule is NC(=O)c1ccccc1-c1ccc(N2CCC[C@H](NC(=O)Nc3ccc(Cl)cc3)C2=O)cc1. The molecule has 168 valence electrons. The zero-order chi connectivity index (χ0) is 23.4. The van der Waals surface area contributed by atoms with Gasteiger partial charge in [-0.15, -0.1) is 0 Å². The molecule has 0 spiro atoms. The van der Waals surface area contributed by atoms with E-state index in [-0.39, 0.29) is 5.91 Å². The fraction of sp³-hybridized carbons (Fsp3) is 0.160. The number of primary amides is 1. The summed E-state index contributed by atoms with van der Waals surface area (Å²) in [7, 11) is 0. The van der Waals surface area contributed by atoms with E-state index in [1.165, 1.54) is 0 Å². The number of hydrogen-bond donors (Lipinski definition) is 3. The summed E-state index contributed by atoms with van der Waals surface area (Å²) >= 11 is 5.86. The lowest BCUT2D eigenvalue weighted by molar-refractivity contribution is -0.121. The van der Waals surface area contributed by atoms with Crippen LogP contribution in [0, 0.1) is 0 Å². The van der Waals surface area contributed by atoms with Crippen molar-refractivity contribution >= 4 is 40.8 Å². The first kappa shape index (κ1) is 22.4. The minimum atomic E-state index is -0.624. The molecule has 4 N–H and O–H groups in total. The van der Waals surface area contributed by atoms with Crippen molar-refractivity contribution in [2.45, 2.75) is 18.9 Å². The quantitative estimate of drug-likeness (QED) is 0.522. The Labute approximate surface area is 196 Å². The Morgan fingerprint density at radius 1 is 0.970 bits per heavy atom. The number of nitrogens with one attached hydrogen (secondary N) is 2. The first-order valence-corrected chi connectivity index (χ1v) is 10.9. The zero-order valence-corrected chi connectivity index (χ0v) is 18.5. The molecule has 0 saturated carbocycles. The zero-order valence-electron chi connectivity index (χ0n) is 17.8. The van der Waals surface area contributed by atoms with Crippen molar-refractivity contribution < 1.29 is 14.4 Å². The van der Waals surface area contributed by atoms with Crippen LogP contribution in [0.4, 0.5) is 16.2 Å². The van der Waals surface area contributed by atoms with Crippen LogP contribution < -0.4 is 21.3 Å². The molecule has 1 heterocycles. The molecule has 8 heteroatoms. The van der Waals surface area contributed by atoms with Crippen molar-refractivity contribution in [3.63, 3.8) is 0 Å². The van der Waals surface area contributed by atoms with Crippen LogP contribution in [0.5, 0.6) is 0 Å². The molecule has 1 saturated heterocycles. The lowest BCUT2D eigenvalue weighted by atomic mass is 9.98. The van der Waals surface area contributed by atoms with E-state index in [1.807, 2.05) is 36.4 Å². The van der Waals surface area contributed by atoms with Crippen LogP contribution in [0.3, 0.4) is 0 Å². The highest BCUT2D eigenvalue weighted by Crippen LogP contribution is 2.28. The second-order valence-corrected chi connectivity index (χ2v) is 8.18. The summed E-state index contributed by atoms with van der Waals surface area (Å²) in [5.41, 5.74) is 8.81. The molecule has 33 heavy (non-hydrogen) atoms. The molecule has 1 fully saturated rings. The number of nitrogens with two attached hydrogens (primary N) is 1. The second kappa shape index (κ2) is 9.75. The summed E-state index contributed by atoms with van der Waals surface area (Å²) in [4.78, 5) is 38.8. The van der Waals surface area contributed by atoms with Gasteiger partial charge in [-0.1, -0.05) is 41.9 Å². The molecular formula is C25H23ClN4O3. The van der Waals surface area contributed by atoms with Gasteiger partial charge in [-0.25, -0.2) is 4.79 Å². The Balaban J connectivity index is 1.45. The molecule has 0 bridgehead atoms. The molecule has 7 nitrogen and oxygen atoms in total. The minimum Gasteiger partial charge on any atom is -0.366 e. The first-order valence-electron chi connectivity index (χ1n) is 10.6. The normalized spacial score (nSPS) is 15.7. The van der Waals surface area contributed by atoms with E-state index >= 15 is 0 Å². The molecule has 1 aliphatic rings. The highest BCUT2D eigenvalue weighted by atomic mass is 35.5. The monoisotopic (exact) mass is 462 g/mol. The van der Waals surface area contributed by atoms with E-state index in [2.05, 4.69) is 10.6 Å². The second-order valence-electron chi connectivity index (χ2n) is 7.75. The molecule has 0 aliphatic carbocycles. The summed E-state index contributed by atoms with van der Waals surface area (Å²) in [5.74, 6) is -0.663. The van der Waals surface area contributed by atoms with E-state index in [9.17, 15) is 14.4 Å². The highest BCUT2D eigenvalue weighted by Gasteiger charge is 2.30. The summed E-state index contributed by atoms with van der Waals surface area (Å²) < 4.78 is 0. The van der Waals surface area contributed by atoms with Crippen molar-refractivity contribution in [1.29, 1.82) is 0 Å². The maximum absolute atomic E-state index is 13.1. The molecule has 0 aromatic heterocycles. The average molecular weight is 463 g/mol. The smallest absolute Gasteiger partial charge is 0.319 e. The standard InChI is InChI=1S/C25H23ClN4O3/c26-17-9-11-18(12-10-17)28-25(33)29-22-6-3-15-30(24(22)32)19-13-7-16(8-14-19)20-4-1-2-5-21(20)23(27)31/h1-2,4-5,7-14,22H,3,6,15H2,(H2,27,31)(H2,28,29,33)/t22-/m0/s1. The first-order chi connectivity index (χ1) is 15.9. The largest absolute Gasteiger partial charge is 0.366 e. The van der Waals surface area contributed by atoms with Gasteiger partial charge < -0.3 is 21.3 Å². The van der Waals surface area contributed by atoms with Gasteiger partial charge in [0.25, 0.3) is 0 Å². The molecule has 4 rings (SSSR count). The Hall–Kier alpha value is -3.84. The van der Waals surface area contributed by atoms with E-state index < -0.39 is 18.0 Å². The third-order valence-corrected chi connectivity index (χ3v) is 5.78. The van der Waals surface area contributed by atoms with Crippen LogP contribution in [0.2, 0.25) is 5.02 Å². The fourth-order valence-electron chi connectivity index (χ4n) is 3.89. The van der Waals surface area contributed by atoms with Gasteiger partial charge in [-0.3, -0.25) is 9.59 Å². The molecular weight excluding hydrogens is 440 g/mol. The number of anilines is 2. The number of nitrogens with zero attached hydrogens (tertiary/aromatic N) is 1. The topological polar surface area (TPSA) is 105 Å². The van der Waals surface area contributed by atoms with Crippen LogP contribution in [0.25, 0.3) is 11.1 Å². The van der Waals surface area contributed by atoms with Crippen LogP contribution in [0.15, 0.2) is 72.8 Å². The lowest BCUT2D eigenvalue weighted by Crippen LogP contribution is -2.53. The Bertz CT molecular complexity index is 1180. The van der Waals surface area contributed by atoms with E-state index in [0.29, 0.717) is 29.2 Å². The predicted molar refractivity (Wildman–Crippen MR) is 129 cm³/mol. The van der Waals surface area contributed by atoms with Crippen molar-refractivity contribution in [2.75, 3.05) is 16.8 Å². The van der Waals surface area contributed by atoms with E-state index in [4.69, 9.17) is 17.3 Å². The van der Waals surface area contributed by atoms with Crippen molar-refractivity contribution in [1.82, 2.24) is 5.32 Å². The van der Waals surface area contributed by atoms with Crippen molar-refractivity contribution in [2.24, 2.45) is 5.73 Å². The van der Waals surface area contributed by atoms with Gasteiger partial charge in [0, 0.05) is 28.5 Å². The molecule has 1 atom stereocenters. The Morgan fingerprint density at radius 3 is 2.36 bits per heavy atom. The van der Waals surface area contributed by atoms with E-state index in [0.717, 1.165) is 23.2 Å². The molecule has 3 aromatic carbocycles. The molecule has 4 amide bonds. The van der Waals surface area contributed by atoms with Crippen LogP contribution in [-0.2, 0) is 4.79 Å². The predicted octanol–water partition coefficient (Wildman–Crippen LogP) is 4.42. The maximum Gasteiger partial charge on any atom is 0.319 e. The average Bonchev–Trinajstić information content (AvgIpc) is 2.82. The number of carbonyl (C=O) groups is 3. The Morgan fingerprint density at radius 2 is 1.67 bits per heavy atom. The fourth-order valence-corrected chi connectivity index (χ4v) is 4.02. The number of piperidine rings is 1. The molecule has 1 aliphatic heterocycles. The van der Waals surface area contributed by atoms with Gasteiger partial charge in [0.15, 0.2) is 0 Å². The number of rotatable bonds is 5. The van der Waals surface area contributed by atoms with Gasteiger partial charge in [-0.05, 0) is 66.4 Å². The maximum atomic E-state index is 13.1. The third-order valence-electron chi connectivity index (χ3n) is 5.53. The van der Waals surface area contributed by atoms with Crippen LogP contribution in [-0.4, -0.2) is 30.4 Å². The van der Waals surface area contributed by atoms with Gasteiger partial charge in [0.2, 0.25) is 11.8 Å². The summed E-state index contributed by atoms with van der Waals surface area (Å²) in [5, 5.41) is 6.05. The lowest BCUT2D eigenvalue weighted by Gasteiger charge is -2.32. The highest BCUT2D eigenvalue weighted by molar-refractivity contribution is 6.30. The van der Waals surface area contributed by atoms with Crippen LogP contribution >= 0.6 is 11.6 Å². The van der Waals surface area contributed by atoms with Gasteiger partial charge in [0.05, 0.1) is 0 Å². The third kappa shape index (κ3) is 5.15. The van der Waals surface area contributed by atoms with Gasteiger partial charge >= 0.3 is 6.03 Å². The van der Waals surface area contributed by atoms with Gasteiger partial charge in [-0.2, -0.15) is 0 Å². The number of halogens is 1. The summed E-state index contributed by atoms with van der Waals surface area (Å²) in [6.07, 6.45) is 1.32. The minimum absolute atomic E-state index is 0.169. The molecule has 0 radical (unpaired) electrons. The molecule has 3 aromatic rings. The van der Waals surface area contributed by atoms with E-state index in [1.54, 1.807) is 41.3 Å². The molecule has 0 unspecified atom stereocenters. The number of urea groups is 1. The summed E-state index contributed by atoms with van der Waals surface area (Å²) in [6, 6.07) is 20.2. The van der Waals surface area contributed by atoms with Crippen LogP contribution in [0.1, 0.15) is 23.2 Å². The number of benzene rings is 3. The Kier molecular flexibility index (Phi) is 6.60. The van der Waals surface area contributed by atoms with Crippen molar-refractivity contribution in [3.05, 3.63) is 83.4 Å². The number of hydrogen-bond acceptors (Lipinski definition) is 3. The van der Waals surface area contributed by atoms with Crippen molar-refractivity contribution in [3.8, 4) is 11.1 Å². The van der Waals surface area contributed by atoms with Gasteiger partial charge in [0.1, 0.15) is 6.04 Å². The number of amides is 4.